The predicted molar refractivity (Wildman–Crippen MR) is 55.6 cm³/mol. The maximum atomic E-state index is 13.6. The van der Waals surface area contributed by atoms with Crippen LogP contribution in [0.5, 0.6) is 5.75 Å². The number of halogens is 3. The summed E-state index contributed by atoms with van der Waals surface area (Å²) in [6.07, 6.45) is 0.429. The van der Waals surface area contributed by atoms with E-state index in [0.29, 0.717) is 18.5 Å². The first-order chi connectivity index (χ1) is 7.11. The molecule has 0 aliphatic carbocycles. The second-order valence-corrected chi connectivity index (χ2v) is 3.44. The quantitative estimate of drug-likeness (QED) is 0.810. The van der Waals surface area contributed by atoms with Gasteiger partial charge in [-0.1, -0.05) is 11.6 Å². The Labute approximate surface area is 92.2 Å². The van der Waals surface area contributed by atoms with Crippen LogP contribution in [0.2, 0.25) is 5.02 Å². The molecule has 1 rings (SSSR count). The van der Waals surface area contributed by atoms with Crippen LogP contribution in [0.15, 0.2) is 6.07 Å². The molecule has 0 aromatic heterocycles. The Balaban J connectivity index is 3.12. The topological polar surface area (TPSA) is 21.3 Å². The first kappa shape index (κ1) is 12.2. The monoisotopic (exact) mass is 235 g/mol. The van der Waals surface area contributed by atoms with Crippen molar-refractivity contribution in [1.29, 1.82) is 0 Å². The van der Waals surface area contributed by atoms with E-state index in [0.717, 1.165) is 0 Å². The van der Waals surface area contributed by atoms with Crippen molar-refractivity contribution >= 4 is 11.6 Å². The van der Waals surface area contributed by atoms with Gasteiger partial charge in [0.15, 0.2) is 17.4 Å². The third-order valence-corrected chi connectivity index (χ3v) is 2.31. The van der Waals surface area contributed by atoms with E-state index in [1.165, 1.54) is 13.2 Å². The third-order valence-electron chi connectivity index (χ3n) is 2.04. The molecule has 1 N–H and O–H groups in total. The van der Waals surface area contributed by atoms with Crippen molar-refractivity contribution in [1.82, 2.24) is 5.32 Å². The Morgan fingerprint density at radius 3 is 2.60 bits per heavy atom. The van der Waals surface area contributed by atoms with E-state index < -0.39 is 17.4 Å². The van der Waals surface area contributed by atoms with E-state index in [1.54, 1.807) is 7.05 Å². The highest BCUT2D eigenvalue weighted by atomic mass is 35.5. The molecule has 0 radical (unpaired) electrons. The van der Waals surface area contributed by atoms with Crippen LogP contribution in [0, 0.1) is 11.6 Å². The van der Waals surface area contributed by atoms with E-state index in [9.17, 15) is 8.78 Å². The molecule has 0 spiro atoms. The van der Waals surface area contributed by atoms with Crippen molar-refractivity contribution in [3.05, 3.63) is 28.3 Å². The highest BCUT2D eigenvalue weighted by Crippen LogP contribution is 2.30. The molecular formula is C10H12ClF2NO. The minimum Gasteiger partial charge on any atom is -0.491 e. The van der Waals surface area contributed by atoms with Gasteiger partial charge < -0.3 is 10.1 Å². The van der Waals surface area contributed by atoms with Crippen molar-refractivity contribution in [2.75, 3.05) is 20.7 Å². The van der Waals surface area contributed by atoms with Gasteiger partial charge in [-0.05, 0) is 31.6 Å². The number of hydrogen-bond acceptors (Lipinski definition) is 2. The van der Waals surface area contributed by atoms with Gasteiger partial charge in [0.2, 0.25) is 0 Å². The van der Waals surface area contributed by atoms with Crippen LogP contribution in [0.1, 0.15) is 5.56 Å². The average molecular weight is 236 g/mol. The molecule has 2 nitrogen and oxygen atoms in total. The third kappa shape index (κ3) is 2.58. The summed E-state index contributed by atoms with van der Waals surface area (Å²) >= 11 is 5.61. The molecule has 0 saturated heterocycles. The van der Waals surface area contributed by atoms with Crippen LogP contribution in [-0.2, 0) is 6.42 Å². The van der Waals surface area contributed by atoms with Crippen molar-refractivity contribution in [3.8, 4) is 5.75 Å². The van der Waals surface area contributed by atoms with Gasteiger partial charge in [0.05, 0.1) is 12.1 Å². The maximum Gasteiger partial charge on any atom is 0.192 e. The molecule has 0 saturated carbocycles. The molecule has 15 heavy (non-hydrogen) atoms. The van der Waals surface area contributed by atoms with Crippen molar-refractivity contribution in [2.45, 2.75) is 6.42 Å². The van der Waals surface area contributed by atoms with Crippen LogP contribution in [0.25, 0.3) is 0 Å². The Kier molecular flexibility index (Phi) is 4.29. The standard InChI is InChI=1S/C10H12ClF2NO/c1-14-4-3-6-5-7(11)9(13)10(15-2)8(6)12/h5,14H,3-4H2,1-2H3. The molecule has 0 atom stereocenters. The molecule has 0 aliphatic heterocycles. The summed E-state index contributed by atoms with van der Waals surface area (Å²) in [7, 11) is 2.96. The fourth-order valence-electron chi connectivity index (χ4n) is 1.25. The van der Waals surface area contributed by atoms with Crippen LogP contribution >= 0.6 is 11.6 Å². The molecule has 5 heteroatoms. The van der Waals surface area contributed by atoms with E-state index in [-0.39, 0.29) is 5.02 Å². The number of methoxy groups -OCH3 is 1. The summed E-state index contributed by atoms with van der Waals surface area (Å²) in [5, 5.41) is 2.75. The summed E-state index contributed by atoms with van der Waals surface area (Å²) in [6, 6.07) is 1.28. The fraction of sp³-hybridized carbons (Fsp3) is 0.400. The maximum absolute atomic E-state index is 13.6. The summed E-state index contributed by atoms with van der Waals surface area (Å²) in [5.41, 5.74) is 0.340. The SMILES string of the molecule is CNCCc1cc(Cl)c(F)c(OC)c1F. The molecule has 0 aliphatic rings. The smallest absolute Gasteiger partial charge is 0.192 e. The molecule has 0 amide bonds. The Morgan fingerprint density at radius 1 is 1.40 bits per heavy atom. The van der Waals surface area contributed by atoms with E-state index in [1.807, 2.05) is 0 Å². The van der Waals surface area contributed by atoms with Gasteiger partial charge in [0.25, 0.3) is 0 Å². The van der Waals surface area contributed by atoms with E-state index >= 15 is 0 Å². The van der Waals surface area contributed by atoms with E-state index in [2.05, 4.69) is 10.1 Å². The number of rotatable bonds is 4. The second-order valence-electron chi connectivity index (χ2n) is 3.03. The molecular weight excluding hydrogens is 224 g/mol. The summed E-state index contributed by atoms with van der Waals surface area (Å²) < 4.78 is 31.5. The molecule has 1 aromatic rings. The number of nitrogens with one attached hydrogen (secondary N) is 1. The summed E-state index contributed by atoms with van der Waals surface area (Å²) in [6.45, 7) is 0.585. The molecule has 0 fully saturated rings. The Hall–Kier alpha value is -0.870. The molecule has 84 valence electrons. The average Bonchev–Trinajstić information content (AvgIpc) is 2.22. The molecule has 0 heterocycles. The normalized spacial score (nSPS) is 10.5. The van der Waals surface area contributed by atoms with Crippen molar-refractivity contribution < 1.29 is 13.5 Å². The zero-order chi connectivity index (χ0) is 11.4. The summed E-state index contributed by atoms with van der Waals surface area (Å²) in [5.74, 6) is -1.96. The Bertz CT molecular complexity index is 358. The summed E-state index contributed by atoms with van der Waals surface area (Å²) in [4.78, 5) is 0. The highest BCUT2D eigenvalue weighted by molar-refractivity contribution is 6.31. The van der Waals surface area contributed by atoms with Crippen LogP contribution in [0.3, 0.4) is 0 Å². The number of likely N-dealkylation sites (N-methyl/N-ethyl adjacent to an activating group) is 1. The van der Waals surface area contributed by atoms with Crippen molar-refractivity contribution in [3.63, 3.8) is 0 Å². The van der Waals surface area contributed by atoms with Crippen LogP contribution < -0.4 is 10.1 Å². The van der Waals surface area contributed by atoms with E-state index in [4.69, 9.17) is 11.6 Å². The fourth-order valence-corrected chi connectivity index (χ4v) is 1.47. The predicted octanol–water partition coefficient (Wildman–Crippen LogP) is 2.39. The van der Waals surface area contributed by atoms with Gasteiger partial charge in [0, 0.05) is 0 Å². The van der Waals surface area contributed by atoms with Gasteiger partial charge in [-0.3, -0.25) is 0 Å². The lowest BCUT2D eigenvalue weighted by atomic mass is 10.1. The van der Waals surface area contributed by atoms with Gasteiger partial charge in [-0.2, -0.15) is 0 Å². The first-order valence-electron chi connectivity index (χ1n) is 4.46. The zero-order valence-electron chi connectivity index (χ0n) is 8.53. The number of benzene rings is 1. The number of ether oxygens (including phenoxy) is 1. The molecule has 1 aromatic carbocycles. The lowest BCUT2D eigenvalue weighted by Crippen LogP contribution is -2.12. The Morgan fingerprint density at radius 2 is 2.07 bits per heavy atom. The minimum absolute atomic E-state index is 0.126. The van der Waals surface area contributed by atoms with Crippen LogP contribution in [-0.4, -0.2) is 20.7 Å². The van der Waals surface area contributed by atoms with Crippen molar-refractivity contribution in [2.24, 2.45) is 0 Å². The minimum atomic E-state index is -0.857. The first-order valence-corrected chi connectivity index (χ1v) is 4.84. The highest BCUT2D eigenvalue weighted by Gasteiger charge is 2.17. The zero-order valence-corrected chi connectivity index (χ0v) is 9.29. The van der Waals surface area contributed by atoms with Gasteiger partial charge in [-0.15, -0.1) is 0 Å². The lowest BCUT2D eigenvalue weighted by Gasteiger charge is -2.09. The van der Waals surface area contributed by atoms with Gasteiger partial charge in [0.1, 0.15) is 0 Å². The molecule has 0 bridgehead atoms. The largest absolute Gasteiger partial charge is 0.491 e. The number of hydrogen-bond donors (Lipinski definition) is 1. The van der Waals surface area contributed by atoms with Gasteiger partial charge >= 0.3 is 0 Å². The molecule has 0 unspecified atom stereocenters. The second kappa shape index (κ2) is 5.28. The van der Waals surface area contributed by atoms with Crippen LogP contribution in [0.4, 0.5) is 8.78 Å². The van der Waals surface area contributed by atoms with Gasteiger partial charge in [-0.25, -0.2) is 8.78 Å². The lowest BCUT2D eigenvalue weighted by molar-refractivity contribution is 0.357.